The Morgan fingerprint density at radius 3 is 2.29 bits per heavy atom. The summed E-state index contributed by atoms with van der Waals surface area (Å²) in [6.07, 6.45) is 2.34. The molecule has 0 aliphatic heterocycles. The van der Waals surface area contributed by atoms with Gasteiger partial charge >= 0.3 is 5.97 Å². The maximum atomic E-state index is 10.8. The zero-order chi connectivity index (χ0) is 12.8. The molecule has 94 valence electrons. The molecule has 0 aromatic heterocycles. The Morgan fingerprint density at radius 1 is 1.29 bits per heavy atom. The van der Waals surface area contributed by atoms with E-state index in [2.05, 4.69) is 19.1 Å². The molecule has 0 fully saturated rings. The monoisotopic (exact) mass is 235 g/mol. The standard InChI is InChI=1S/C14H21NO2/c1-4-5-11-6-8-12(9-7-11)13(15(2)3)10-14(16)17/h6-9,13H,4-5,10H2,1-3H3,(H,16,17). The number of nitrogens with zero attached hydrogens (tertiary/aromatic N) is 1. The van der Waals surface area contributed by atoms with Crippen LogP contribution in [0.3, 0.4) is 0 Å². The molecular formula is C14H21NO2. The number of aliphatic carboxylic acids is 1. The van der Waals surface area contributed by atoms with Crippen LogP contribution in [0.1, 0.15) is 36.9 Å². The minimum absolute atomic E-state index is 0.0526. The van der Waals surface area contributed by atoms with Gasteiger partial charge in [-0.25, -0.2) is 0 Å². The van der Waals surface area contributed by atoms with E-state index in [0.29, 0.717) is 0 Å². The zero-order valence-corrected chi connectivity index (χ0v) is 10.8. The average Bonchev–Trinajstić information content (AvgIpc) is 2.27. The third kappa shape index (κ3) is 4.19. The number of carboxylic acids is 1. The molecule has 17 heavy (non-hydrogen) atoms. The van der Waals surface area contributed by atoms with Gasteiger partial charge in [-0.2, -0.15) is 0 Å². The van der Waals surface area contributed by atoms with Crippen molar-refractivity contribution in [3.8, 4) is 0 Å². The molecule has 3 heteroatoms. The summed E-state index contributed by atoms with van der Waals surface area (Å²) in [5.41, 5.74) is 2.38. The second-order valence-corrected chi connectivity index (χ2v) is 4.57. The van der Waals surface area contributed by atoms with E-state index in [0.717, 1.165) is 18.4 Å². The minimum atomic E-state index is -0.763. The Hall–Kier alpha value is -1.35. The number of benzene rings is 1. The highest BCUT2D eigenvalue weighted by atomic mass is 16.4. The van der Waals surface area contributed by atoms with Gasteiger partial charge < -0.3 is 10.0 Å². The predicted molar refractivity (Wildman–Crippen MR) is 69.1 cm³/mol. The Balaban J connectivity index is 2.83. The predicted octanol–water partition coefficient (Wildman–Crippen LogP) is 2.72. The van der Waals surface area contributed by atoms with Gasteiger partial charge in [0.05, 0.1) is 6.42 Å². The Kier molecular flexibility index (Phi) is 5.16. The summed E-state index contributed by atoms with van der Waals surface area (Å²) in [7, 11) is 3.82. The summed E-state index contributed by atoms with van der Waals surface area (Å²) in [4.78, 5) is 12.8. The molecule has 0 radical (unpaired) electrons. The highest BCUT2D eigenvalue weighted by Gasteiger charge is 2.17. The summed E-state index contributed by atoms with van der Waals surface area (Å²) < 4.78 is 0. The molecule has 1 aromatic rings. The summed E-state index contributed by atoms with van der Waals surface area (Å²) >= 11 is 0. The molecule has 0 bridgehead atoms. The van der Waals surface area contributed by atoms with Crippen LogP contribution in [-0.2, 0) is 11.2 Å². The molecule has 0 heterocycles. The summed E-state index contributed by atoms with van der Waals surface area (Å²) in [6, 6.07) is 8.22. The summed E-state index contributed by atoms with van der Waals surface area (Å²) in [5.74, 6) is -0.763. The quantitative estimate of drug-likeness (QED) is 0.824. The molecule has 0 amide bonds. The molecule has 0 spiro atoms. The number of rotatable bonds is 6. The lowest BCUT2D eigenvalue weighted by atomic mass is 10.00. The first-order valence-electron chi connectivity index (χ1n) is 6.01. The van der Waals surface area contributed by atoms with Crippen molar-refractivity contribution in [1.82, 2.24) is 4.90 Å². The first-order chi connectivity index (χ1) is 8.04. The van der Waals surface area contributed by atoms with Gasteiger partial charge in [0.15, 0.2) is 0 Å². The van der Waals surface area contributed by atoms with E-state index in [1.165, 1.54) is 5.56 Å². The largest absolute Gasteiger partial charge is 0.481 e. The van der Waals surface area contributed by atoms with Crippen molar-refractivity contribution in [3.63, 3.8) is 0 Å². The third-order valence-electron chi connectivity index (χ3n) is 2.89. The van der Waals surface area contributed by atoms with E-state index in [4.69, 9.17) is 5.11 Å². The molecule has 1 aromatic carbocycles. The maximum Gasteiger partial charge on any atom is 0.305 e. The van der Waals surface area contributed by atoms with Gasteiger partial charge in [0, 0.05) is 6.04 Å². The maximum absolute atomic E-state index is 10.8. The fourth-order valence-corrected chi connectivity index (χ4v) is 1.96. The zero-order valence-electron chi connectivity index (χ0n) is 10.8. The molecule has 1 rings (SSSR count). The fraction of sp³-hybridized carbons (Fsp3) is 0.500. The summed E-state index contributed by atoms with van der Waals surface area (Å²) in [6.45, 7) is 2.15. The topological polar surface area (TPSA) is 40.5 Å². The minimum Gasteiger partial charge on any atom is -0.481 e. The van der Waals surface area contributed by atoms with E-state index >= 15 is 0 Å². The normalized spacial score (nSPS) is 12.7. The molecule has 3 nitrogen and oxygen atoms in total. The highest BCUT2D eigenvalue weighted by Crippen LogP contribution is 2.22. The van der Waals surface area contributed by atoms with Gasteiger partial charge in [-0.05, 0) is 31.6 Å². The van der Waals surface area contributed by atoms with E-state index in [1.54, 1.807) is 0 Å². The summed E-state index contributed by atoms with van der Waals surface area (Å²) in [5, 5.41) is 8.91. The molecular weight excluding hydrogens is 214 g/mol. The lowest BCUT2D eigenvalue weighted by molar-refractivity contribution is -0.138. The van der Waals surface area contributed by atoms with Crippen molar-refractivity contribution in [2.75, 3.05) is 14.1 Å². The van der Waals surface area contributed by atoms with E-state index in [-0.39, 0.29) is 12.5 Å². The van der Waals surface area contributed by atoms with E-state index in [9.17, 15) is 4.79 Å². The molecule has 1 unspecified atom stereocenters. The van der Waals surface area contributed by atoms with Gasteiger partial charge in [-0.15, -0.1) is 0 Å². The smallest absolute Gasteiger partial charge is 0.305 e. The van der Waals surface area contributed by atoms with Crippen LogP contribution in [0.4, 0.5) is 0 Å². The highest BCUT2D eigenvalue weighted by molar-refractivity contribution is 5.67. The molecule has 1 N–H and O–H groups in total. The number of aryl methyl sites for hydroxylation is 1. The molecule has 0 aliphatic carbocycles. The van der Waals surface area contributed by atoms with Crippen LogP contribution >= 0.6 is 0 Å². The SMILES string of the molecule is CCCc1ccc(C(CC(=O)O)N(C)C)cc1. The van der Waals surface area contributed by atoms with Gasteiger partial charge in [0.2, 0.25) is 0 Å². The van der Waals surface area contributed by atoms with Crippen LogP contribution in [0.2, 0.25) is 0 Å². The molecule has 0 saturated heterocycles. The molecule has 1 atom stereocenters. The van der Waals surface area contributed by atoms with Crippen molar-refractivity contribution in [2.24, 2.45) is 0 Å². The number of carboxylic acid groups (broad SMARTS) is 1. The van der Waals surface area contributed by atoms with Gasteiger partial charge in [-0.1, -0.05) is 37.6 Å². The molecule has 0 aliphatic rings. The van der Waals surface area contributed by atoms with Crippen LogP contribution in [0.5, 0.6) is 0 Å². The van der Waals surface area contributed by atoms with Gasteiger partial charge in [0.1, 0.15) is 0 Å². The fourth-order valence-electron chi connectivity index (χ4n) is 1.96. The lowest BCUT2D eigenvalue weighted by Gasteiger charge is -2.23. The Labute approximate surface area is 103 Å². The lowest BCUT2D eigenvalue weighted by Crippen LogP contribution is -2.22. The van der Waals surface area contributed by atoms with Crippen LogP contribution in [-0.4, -0.2) is 30.1 Å². The van der Waals surface area contributed by atoms with E-state index in [1.807, 2.05) is 31.1 Å². The van der Waals surface area contributed by atoms with Gasteiger partial charge in [-0.3, -0.25) is 4.79 Å². The Morgan fingerprint density at radius 2 is 1.88 bits per heavy atom. The van der Waals surface area contributed by atoms with Crippen LogP contribution in [0.15, 0.2) is 24.3 Å². The second kappa shape index (κ2) is 6.40. The van der Waals surface area contributed by atoms with Crippen molar-refractivity contribution in [1.29, 1.82) is 0 Å². The van der Waals surface area contributed by atoms with Crippen molar-refractivity contribution in [3.05, 3.63) is 35.4 Å². The van der Waals surface area contributed by atoms with Crippen molar-refractivity contribution < 1.29 is 9.90 Å². The number of hydrogen-bond acceptors (Lipinski definition) is 2. The van der Waals surface area contributed by atoms with Crippen molar-refractivity contribution in [2.45, 2.75) is 32.2 Å². The molecule has 0 saturated carbocycles. The van der Waals surface area contributed by atoms with Crippen LogP contribution in [0, 0.1) is 0 Å². The van der Waals surface area contributed by atoms with Crippen LogP contribution in [0.25, 0.3) is 0 Å². The van der Waals surface area contributed by atoms with Crippen LogP contribution < -0.4 is 0 Å². The first kappa shape index (κ1) is 13.7. The second-order valence-electron chi connectivity index (χ2n) is 4.57. The first-order valence-corrected chi connectivity index (χ1v) is 6.01. The van der Waals surface area contributed by atoms with Crippen molar-refractivity contribution >= 4 is 5.97 Å². The van der Waals surface area contributed by atoms with Gasteiger partial charge in [0.25, 0.3) is 0 Å². The average molecular weight is 235 g/mol. The number of carbonyl (C=O) groups is 1. The third-order valence-corrected chi connectivity index (χ3v) is 2.89. The van der Waals surface area contributed by atoms with E-state index < -0.39 is 5.97 Å². The Bertz CT molecular complexity index is 357. The number of hydrogen-bond donors (Lipinski definition) is 1.